The van der Waals surface area contributed by atoms with Crippen LogP contribution in [0, 0.1) is 0 Å². The average Bonchev–Trinajstić information content (AvgIpc) is 2.68. The van der Waals surface area contributed by atoms with E-state index in [2.05, 4.69) is 15.3 Å². The fourth-order valence-electron chi connectivity index (χ4n) is 2.62. The molecule has 3 aromatic rings. The average molecular weight is 442 g/mol. The summed E-state index contributed by atoms with van der Waals surface area (Å²) in [6.07, 6.45) is -2.40. The van der Waals surface area contributed by atoms with Gasteiger partial charge in [-0.1, -0.05) is 29.3 Å². The minimum atomic E-state index is -4.69. The van der Waals surface area contributed by atoms with Gasteiger partial charge in [0.2, 0.25) is 5.88 Å². The molecule has 1 aromatic carbocycles. The number of halogens is 5. The Morgan fingerprint density at radius 3 is 2.45 bits per heavy atom. The van der Waals surface area contributed by atoms with Gasteiger partial charge in [0, 0.05) is 18.5 Å². The van der Waals surface area contributed by atoms with Crippen molar-refractivity contribution in [2.24, 2.45) is 0 Å². The predicted octanol–water partition coefficient (Wildman–Crippen LogP) is 5.03. The molecule has 2 N–H and O–H groups in total. The summed E-state index contributed by atoms with van der Waals surface area (Å²) in [4.78, 5) is 20.1. The van der Waals surface area contributed by atoms with Crippen LogP contribution >= 0.6 is 23.2 Å². The monoisotopic (exact) mass is 441 g/mol. The first kappa shape index (κ1) is 20.9. The van der Waals surface area contributed by atoms with Gasteiger partial charge in [-0.05, 0) is 35.9 Å². The molecular formula is C19H12Cl2F3N3O2. The number of amides is 1. The molecule has 5 nitrogen and oxygen atoms in total. The lowest BCUT2D eigenvalue weighted by molar-refractivity contribution is -0.138. The number of carbonyl (C=O) groups is 1. The molecule has 2 heterocycles. The van der Waals surface area contributed by atoms with E-state index in [9.17, 15) is 23.1 Å². The van der Waals surface area contributed by atoms with Crippen molar-refractivity contribution < 1.29 is 23.1 Å². The van der Waals surface area contributed by atoms with Gasteiger partial charge in [0.25, 0.3) is 5.91 Å². The highest BCUT2D eigenvalue weighted by atomic mass is 35.5. The maximum atomic E-state index is 13.5. The largest absolute Gasteiger partial charge is 0.493 e. The van der Waals surface area contributed by atoms with Gasteiger partial charge < -0.3 is 10.4 Å². The first-order valence-corrected chi connectivity index (χ1v) is 8.85. The second-order valence-electron chi connectivity index (χ2n) is 5.92. The fourth-order valence-corrected chi connectivity index (χ4v) is 2.93. The summed E-state index contributed by atoms with van der Waals surface area (Å²) in [5.74, 6) is -1.01. The molecule has 2 aromatic heterocycles. The third-order valence-electron chi connectivity index (χ3n) is 3.98. The number of aromatic nitrogens is 2. The maximum absolute atomic E-state index is 13.5. The number of alkyl halides is 3. The van der Waals surface area contributed by atoms with Crippen molar-refractivity contribution in [1.29, 1.82) is 0 Å². The van der Waals surface area contributed by atoms with E-state index in [0.717, 1.165) is 18.3 Å². The topological polar surface area (TPSA) is 75.1 Å². The molecule has 0 saturated carbocycles. The highest BCUT2D eigenvalue weighted by Gasteiger charge is 2.37. The van der Waals surface area contributed by atoms with Crippen LogP contribution in [0.3, 0.4) is 0 Å². The van der Waals surface area contributed by atoms with Crippen LogP contribution < -0.4 is 5.32 Å². The SMILES string of the molecule is O=C(NC(c1ccc(Cl)c(Cl)c1)c1ncccc1C(F)(F)F)c1ccc(O)nc1. The van der Waals surface area contributed by atoms with Crippen LogP contribution in [-0.4, -0.2) is 21.0 Å². The second-order valence-corrected chi connectivity index (χ2v) is 6.73. The van der Waals surface area contributed by atoms with Gasteiger partial charge in [-0.15, -0.1) is 0 Å². The van der Waals surface area contributed by atoms with Crippen molar-refractivity contribution in [2.45, 2.75) is 12.2 Å². The van der Waals surface area contributed by atoms with Crippen LogP contribution in [0.25, 0.3) is 0 Å². The summed E-state index contributed by atoms with van der Waals surface area (Å²) in [6, 6.07) is 7.45. The van der Waals surface area contributed by atoms with E-state index in [1.54, 1.807) is 0 Å². The highest BCUT2D eigenvalue weighted by molar-refractivity contribution is 6.42. The van der Waals surface area contributed by atoms with Crippen LogP contribution in [0.2, 0.25) is 10.0 Å². The van der Waals surface area contributed by atoms with Crippen LogP contribution in [0.4, 0.5) is 13.2 Å². The summed E-state index contributed by atoms with van der Waals surface area (Å²) in [7, 11) is 0. The number of hydrogen-bond donors (Lipinski definition) is 2. The van der Waals surface area contributed by atoms with E-state index in [1.165, 1.54) is 36.5 Å². The Labute approximate surface area is 173 Å². The Morgan fingerprint density at radius 1 is 1.07 bits per heavy atom. The van der Waals surface area contributed by atoms with Gasteiger partial charge in [0.1, 0.15) is 0 Å². The molecular weight excluding hydrogens is 430 g/mol. The Morgan fingerprint density at radius 2 is 1.83 bits per heavy atom. The third-order valence-corrected chi connectivity index (χ3v) is 4.72. The second kappa shape index (κ2) is 8.26. The van der Waals surface area contributed by atoms with Gasteiger partial charge in [-0.3, -0.25) is 9.78 Å². The van der Waals surface area contributed by atoms with Gasteiger partial charge in [0.05, 0.1) is 32.9 Å². The molecule has 3 rings (SSSR count). The molecule has 1 unspecified atom stereocenters. The number of rotatable bonds is 4. The quantitative estimate of drug-likeness (QED) is 0.595. The molecule has 0 spiro atoms. The first-order chi connectivity index (χ1) is 13.7. The standard InChI is InChI=1S/C19H12Cl2F3N3O2/c20-13-5-3-10(8-14(13)21)16(17-12(19(22,23)24)2-1-7-25-17)27-18(29)11-4-6-15(28)26-9-11/h1-9,16H,(H,26,28)(H,27,29). The fraction of sp³-hybridized carbons (Fsp3) is 0.105. The maximum Gasteiger partial charge on any atom is 0.418 e. The molecule has 1 amide bonds. The predicted molar refractivity (Wildman–Crippen MR) is 101 cm³/mol. The molecule has 150 valence electrons. The molecule has 0 aliphatic heterocycles. The summed E-state index contributed by atoms with van der Waals surface area (Å²) < 4.78 is 40.6. The van der Waals surface area contributed by atoms with Crippen molar-refractivity contribution in [3.8, 4) is 5.88 Å². The lowest BCUT2D eigenvalue weighted by Crippen LogP contribution is -2.31. The normalized spacial score (nSPS) is 12.4. The van der Waals surface area contributed by atoms with Gasteiger partial charge in [-0.2, -0.15) is 13.2 Å². The number of aromatic hydroxyl groups is 1. The summed E-state index contributed by atoms with van der Waals surface area (Å²) >= 11 is 11.9. The molecule has 29 heavy (non-hydrogen) atoms. The number of nitrogens with zero attached hydrogens (tertiary/aromatic N) is 2. The van der Waals surface area contributed by atoms with Crippen molar-refractivity contribution in [3.63, 3.8) is 0 Å². The van der Waals surface area contributed by atoms with Crippen LogP contribution in [-0.2, 0) is 6.18 Å². The van der Waals surface area contributed by atoms with E-state index in [0.29, 0.717) is 0 Å². The molecule has 0 aliphatic rings. The number of benzene rings is 1. The molecule has 0 fully saturated rings. The number of carbonyl (C=O) groups excluding carboxylic acids is 1. The number of hydrogen-bond acceptors (Lipinski definition) is 4. The van der Waals surface area contributed by atoms with Gasteiger partial charge >= 0.3 is 6.18 Å². The summed E-state index contributed by atoms with van der Waals surface area (Å²) in [6.45, 7) is 0. The van der Waals surface area contributed by atoms with Gasteiger partial charge in [0.15, 0.2) is 0 Å². The third kappa shape index (κ3) is 4.78. The van der Waals surface area contributed by atoms with Crippen molar-refractivity contribution >= 4 is 29.1 Å². The Balaban J connectivity index is 2.09. The number of pyridine rings is 2. The van der Waals surface area contributed by atoms with E-state index >= 15 is 0 Å². The van der Waals surface area contributed by atoms with E-state index < -0.39 is 29.4 Å². The van der Waals surface area contributed by atoms with Crippen molar-refractivity contribution in [1.82, 2.24) is 15.3 Å². The molecule has 10 heteroatoms. The molecule has 0 bridgehead atoms. The lowest BCUT2D eigenvalue weighted by Gasteiger charge is -2.22. The summed E-state index contributed by atoms with van der Waals surface area (Å²) in [5, 5.41) is 12.1. The zero-order valence-electron chi connectivity index (χ0n) is 14.4. The van der Waals surface area contributed by atoms with E-state index in [4.69, 9.17) is 23.2 Å². The molecule has 0 saturated heterocycles. The lowest BCUT2D eigenvalue weighted by atomic mass is 9.98. The zero-order valence-corrected chi connectivity index (χ0v) is 15.9. The Bertz CT molecular complexity index is 1040. The van der Waals surface area contributed by atoms with Crippen molar-refractivity contribution in [2.75, 3.05) is 0 Å². The minimum Gasteiger partial charge on any atom is -0.493 e. The molecule has 1 atom stereocenters. The number of nitrogens with one attached hydrogen (secondary N) is 1. The van der Waals surface area contributed by atoms with Crippen LogP contribution in [0.1, 0.15) is 33.2 Å². The molecule has 0 radical (unpaired) electrons. The van der Waals surface area contributed by atoms with Gasteiger partial charge in [-0.25, -0.2) is 4.98 Å². The summed E-state index contributed by atoms with van der Waals surface area (Å²) in [5.41, 5.74) is -1.11. The Kier molecular flexibility index (Phi) is 5.95. The van der Waals surface area contributed by atoms with Crippen molar-refractivity contribution in [3.05, 3.63) is 87.3 Å². The first-order valence-electron chi connectivity index (χ1n) is 8.10. The Hall–Kier alpha value is -2.84. The zero-order chi connectivity index (χ0) is 21.2. The minimum absolute atomic E-state index is 0.0392. The smallest absolute Gasteiger partial charge is 0.418 e. The van der Waals surface area contributed by atoms with Crippen LogP contribution in [0.15, 0.2) is 54.9 Å². The molecule has 0 aliphatic carbocycles. The highest BCUT2D eigenvalue weighted by Crippen LogP contribution is 2.36. The van der Waals surface area contributed by atoms with E-state index in [1.807, 2.05) is 0 Å². The van der Waals surface area contributed by atoms with E-state index in [-0.39, 0.29) is 27.1 Å². The van der Waals surface area contributed by atoms with Crippen LogP contribution in [0.5, 0.6) is 5.88 Å².